The molecule has 1 rings (SSSR count). The number of carbonyl (C=O) groups excluding carboxylic acids is 1. The number of rotatable bonds is 6. The van der Waals surface area contributed by atoms with Crippen LogP contribution in [-0.4, -0.2) is 42.2 Å². The summed E-state index contributed by atoms with van der Waals surface area (Å²) >= 11 is 0. The predicted octanol–water partition coefficient (Wildman–Crippen LogP) is 2.23. The molecule has 0 aliphatic carbocycles. The number of aliphatic carboxylic acids is 1. The highest BCUT2D eigenvalue weighted by Crippen LogP contribution is 2.17. The van der Waals surface area contributed by atoms with Crippen LogP contribution in [0.4, 0.5) is 19.3 Å². The minimum atomic E-state index is -2.91. The van der Waals surface area contributed by atoms with Crippen molar-refractivity contribution in [2.24, 2.45) is 0 Å². The Balaban J connectivity index is 2.51. The first-order valence-electron chi connectivity index (χ1n) is 5.67. The van der Waals surface area contributed by atoms with Crippen LogP contribution < -0.4 is 10.1 Å². The standard InChI is InChI=1S/C12H14F2N2O4/c1-16(7-6-10(17)18)12(19)15-8-2-4-9(5-3-8)20-11(13)14/h2-5,11H,6-7H2,1H3,(H,15,19)(H,17,18). The smallest absolute Gasteiger partial charge is 0.387 e. The summed E-state index contributed by atoms with van der Waals surface area (Å²) in [7, 11) is 1.45. The third-order valence-electron chi connectivity index (χ3n) is 2.34. The minimum Gasteiger partial charge on any atom is -0.481 e. The largest absolute Gasteiger partial charge is 0.481 e. The number of nitrogens with one attached hydrogen (secondary N) is 1. The average molecular weight is 288 g/mol. The number of hydrogen-bond donors (Lipinski definition) is 2. The van der Waals surface area contributed by atoms with Crippen LogP contribution in [0.2, 0.25) is 0 Å². The number of amides is 2. The van der Waals surface area contributed by atoms with Crippen molar-refractivity contribution in [1.29, 1.82) is 0 Å². The van der Waals surface area contributed by atoms with E-state index in [0.29, 0.717) is 5.69 Å². The molecule has 0 atom stereocenters. The van der Waals surface area contributed by atoms with Gasteiger partial charge in [-0.1, -0.05) is 0 Å². The molecule has 0 saturated heterocycles. The summed E-state index contributed by atoms with van der Waals surface area (Å²) in [5, 5.41) is 11.0. The fourth-order valence-corrected chi connectivity index (χ4v) is 1.30. The lowest BCUT2D eigenvalue weighted by atomic mass is 10.3. The zero-order valence-corrected chi connectivity index (χ0v) is 10.7. The summed E-state index contributed by atoms with van der Waals surface area (Å²) in [4.78, 5) is 23.2. The summed E-state index contributed by atoms with van der Waals surface area (Å²) < 4.78 is 28.0. The Morgan fingerprint density at radius 1 is 1.35 bits per heavy atom. The number of hydrogen-bond acceptors (Lipinski definition) is 3. The van der Waals surface area contributed by atoms with E-state index in [9.17, 15) is 18.4 Å². The molecular weight excluding hydrogens is 274 g/mol. The van der Waals surface area contributed by atoms with Crippen LogP contribution >= 0.6 is 0 Å². The Hall–Kier alpha value is -2.38. The molecule has 0 aliphatic heterocycles. The Bertz CT molecular complexity index is 465. The number of anilines is 1. The summed E-state index contributed by atoms with van der Waals surface area (Å²) in [6, 6.07) is 4.90. The quantitative estimate of drug-likeness (QED) is 0.841. The molecule has 8 heteroatoms. The summed E-state index contributed by atoms with van der Waals surface area (Å²) in [6.07, 6.45) is -0.162. The lowest BCUT2D eigenvalue weighted by Crippen LogP contribution is -2.33. The Morgan fingerprint density at radius 2 is 1.95 bits per heavy atom. The van der Waals surface area contributed by atoms with Crippen molar-refractivity contribution in [2.75, 3.05) is 18.9 Å². The molecule has 0 aliphatic rings. The SMILES string of the molecule is CN(CCC(=O)O)C(=O)Nc1ccc(OC(F)F)cc1. The highest BCUT2D eigenvalue weighted by molar-refractivity contribution is 5.89. The maximum Gasteiger partial charge on any atom is 0.387 e. The summed E-state index contributed by atoms with van der Waals surface area (Å²) in [5.74, 6) is -1.02. The molecule has 0 spiro atoms. The molecule has 110 valence electrons. The van der Waals surface area contributed by atoms with E-state index in [2.05, 4.69) is 10.1 Å². The van der Waals surface area contributed by atoms with Crippen molar-refractivity contribution in [3.05, 3.63) is 24.3 Å². The van der Waals surface area contributed by atoms with Crippen LogP contribution in [0.15, 0.2) is 24.3 Å². The minimum absolute atomic E-state index is 0.0165. The third-order valence-corrected chi connectivity index (χ3v) is 2.34. The molecule has 1 aromatic rings. The zero-order valence-electron chi connectivity index (χ0n) is 10.7. The van der Waals surface area contributed by atoms with Crippen LogP contribution in [0, 0.1) is 0 Å². The van der Waals surface area contributed by atoms with E-state index < -0.39 is 18.6 Å². The molecule has 6 nitrogen and oxygen atoms in total. The van der Waals surface area contributed by atoms with Crippen LogP contribution in [0.5, 0.6) is 5.75 Å². The first-order chi connectivity index (χ1) is 9.38. The lowest BCUT2D eigenvalue weighted by molar-refractivity contribution is -0.137. The van der Waals surface area contributed by atoms with Crippen LogP contribution in [0.1, 0.15) is 6.42 Å². The highest BCUT2D eigenvalue weighted by atomic mass is 19.3. The number of urea groups is 1. The zero-order chi connectivity index (χ0) is 15.1. The van der Waals surface area contributed by atoms with Gasteiger partial charge < -0.3 is 20.1 Å². The van der Waals surface area contributed by atoms with Gasteiger partial charge in [-0.2, -0.15) is 8.78 Å². The fraction of sp³-hybridized carbons (Fsp3) is 0.333. The monoisotopic (exact) mass is 288 g/mol. The maximum absolute atomic E-state index is 11.9. The van der Waals surface area contributed by atoms with Crippen molar-refractivity contribution in [2.45, 2.75) is 13.0 Å². The van der Waals surface area contributed by atoms with Crippen LogP contribution in [0.3, 0.4) is 0 Å². The Kier molecular flexibility index (Phi) is 5.70. The molecule has 2 N–H and O–H groups in total. The fourth-order valence-electron chi connectivity index (χ4n) is 1.30. The van der Waals surface area contributed by atoms with E-state index >= 15 is 0 Å². The van der Waals surface area contributed by atoms with Gasteiger partial charge in [-0.05, 0) is 24.3 Å². The molecule has 0 aromatic heterocycles. The first kappa shape index (κ1) is 15.7. The molecule has 0 unspecified atom stereocenters. The number of benzene rings is 1. The molecule has 0 saturated carbocycles. The van der Waals surface area contributed by atoms with Crippen LogP contribution in [0.25, 0.3) is 0 Å². The van der Waals surface area contributed by atoms with Crippen LogP contribution in [-0.2, 0) is 4.79 Å². The number of carboxylic acids is 1. The third kappa shape index (κ3) is 5.51. The molecular formula is C12H14F2N2O4. The molecule has 20 heavy (non-hydrogen) atoms. The van der Waals surface area contributed by atoms with E-state index in [0.717, 1.165) is 0 Å². The number of carboxylic acid groups (broad SMARTS) is 1. The number of halogens is 2. The van der Waals surface area contributed by atoms with E-state index in [1.54, 1.807) is 0 Å². The van der Waals surface area contributed by atoms with Crippen molar-refractivity contribution < 1.29 is 28.2 Å². The Labute approximate surface area is 113 Å². The van der Waals surface area contributed by atoms with Gasteiger partial charge in [0.2, 0.25) is 0 Å². The molecule has 0 fully saturated rings. The molecule has 2 amide bonds. The number of alkyl halides is 2. The molecule has 1 aromatic carbocycles. The second kappa shape index (κ2) is 7.27. The van der Waals surface area contributed by atoms with E-state index in [-0.39, 0.29) is 18.7 Å². The second-order valence-corrected chi connectivity index (χ2v) is 3.90. The van der Waals surface area contributed by atoms with Crippen molar-refractivity contribution in [3.63, 3.8) is 0 Å². The predicted molar refractivity (Wildman–Crippen MR) is 67.0 cm³/mol. The van der Waals surface area contributed by atoms with Gasteiger partial charge in [0.25, 0.3) is 0 Å². The van der Waals surface area contributed by atoms with E-state index in [1.807, 2.05) is 0 Å². The Morgan fingerprint density at radius 3 is 2.45 bits per heavy atom. The van der Waals surface area contributed by atoms with E-state index in [4.69, 9.17) is 5.11 Å². The lowest BCUT2D eigenvalue weighted by Gasteiger charge is -2.17. The second-order valence-electron chi connectivity index (χ2n) is 3.90. The number of nitrogens with zero attached hydrogens (tertiary/aromatic N) is 1. The number of carbonyl (C=O) groups is 2. The molecule has 0 bridgehead atoms. The van der Waals surface area contributed by atoms with Crippen molar-refractivity contribution >= 4 is 17.7 Å². The first-order valence-corrected chi connectivity index (χ1v) is 5.67. The van der Waals surface area contributed by atoms with Crippen molar-refractivity contribution in [1.82, 2.24) is 4.90 Å². The normalized spacial score (nSPS) is 10.2. The van der Waals surface area contributed by atoms with Gasteiger partial charge in [0.15, 0.2) is 0 Å². The molecule has 0 heterocycles. The topological polar surface area (TPSA) is 78.9 Å². The van der Waals surface area contributed by atoms with Gasteiger partial charge in [0.05, 0.1) is 6.42 Å². The highest BCUT2D eigenvalue weighted by Gasteiger charge is 2.10. The van der Waals surface area contributed by atoms with Gasteiger partial charge in [0, 0.05) is 19.3 Å². The van der Waals surface area contributed by atoms with Gasteiger partial charge >= 0.3 is 18.6 Å². The summed E-state index contributed by atoms with van der Waals surface area (Å²) in [5.41, 5.74) is 0.388. The van der Waals surface area contributed by atoms with Gasteiger partial charge in [-0.3, -0.25) is 4.79 Å². The van der Waals surface area contributed by atoms with Gasteiger partial charge in [-0.15, -0.1) is 0 Å². The van der Waals surface area contributed by atoms with Gasteiger partial charge in [0.1, 0.15) is 5.75 Å². The van der Waals surface area contributed by atoms with Crippen molar-refractivity contribution in [3.8, 4) is 5.75 Å². The number of ether oxygens (including phenoxy) is 1. The summed E-state index contributed by atoms with van der Waals surface area (Å²) in [6.45, 7) is -2.84. The molecule has 0 radical (unpaired) electrons. The maximum atomic E-state index is 11.9. The average Bonchev–Trinajstić information content (AvgIpc) is 2.37. The van der Waals surface area contributed by atoms with Gasteiger partial charge in [-0.25, -0.2) is 4.79 Å². The van der Waals surface area contributed by atoms with E-state index in [1.165, 1.54) is 36.2 Å².